The van der Waals surface area contributed by atoms with Crippen LogP contribution < -0.4 is 4.74 Å². The van der Waals surface area contributed by atoms with Gasteiger partial charge in [-0.2, -0.15) is 0 Å². The van der Waals surface area contributed by atoms with Crippen LogP contribution in [0.2, 0.25) is 0 Å². The lowest BCUT2D eigenvalue weighted by atomic mass is 10.1. The molecule has 0 aliphatic carbocycles. The van der Waals surface area contributed by atoms with Gasteiger partial charge >= 0.3 is 0 Å². The molecule has 3 nitrogen and oxygen atoms in total. The van der Waals surface area contributed by atoms with E-state index in [0.717, 1.165) is 31.7 Å². The second-order valence-corrected chi connectivity index (χ2v) is 4.42. The minimum atomic E-state index is 0.616. The molecule has 1 aliphatic rings. The van der Waals surface area contributed by atoms with E-state index in [0.29, 0.717) is 11.5 Å². The van der Waals surface area contributed by atoms with E-state index in [2.05, 4.69) is 11.9 Å². The van der Waals surface area contributed by atoms with Crippen molar-refractivity contribution < 1.29 is 9.53 Å². The van der Waals surface area contributed by atoms with E-state index in [1.165, 1.54) is 6.42 Å². The summed E-state index contributed by atoms with van der Waals surface area (Å²) in [6.45, 7) is 3.00. The largest absolute Gasteiger partial charge is 0.493 e. The van der Waals surface area contributed by atoms with E-state index < -0.39 is 0 Å². The second kappa shape index (κ2) is 5.12. The summed E-state index contributed by atoms with van der Waals surface area (Å²) in [6, 6.07) is 7.31. The highest BCUT2D eigenvalue weighted by Gasteiger charge is 2.19. The summed E-state index contributed by atoms with van der Waals surface area (Å²) in [7, 11) is 2.13. The molecule has 1 unspecified atom stereocenters. The average molecular weight is 219 g/mol. The van der Waals surface area contributed by atoms with Crippen LogP contribution >= 0.6 is 0 Å². The van der Waals surface area contributed by atoms with Gasteiger partial charge in [-0.15, -0.1) is 0 Å². The normalized spacial score (nSPS) is 20.9. The third-order valence-electron chi connectivity index (χ3n) is 2.97. The summed E-state index contributed by atoms with van der Waals surface area (Å²) in [4.78, 5) is 12.9. The van der Waals surface area contributed by atoms with Crippen molar-refractivity contribution in [2.75, 3.05) is 26.7 Å². The summed E-state index contributed by atoms with van der Waals surface area (Å²) in [5.41, 5.74) is 0.668. The predicted octanol–water partition coefficient (Wildman–Crippen LogP) is 1.83. The molecule has 0 spiro atoms. The molecule has 1 atom stereocenters. The maximum absolute atomic E-state index is 10.6. The number of hydrogen-bond donors (Lipinski definition) is 0. The van der Waals surface area contributed by atoms with E-state index in [9.17, 15) is 4.79 Å². The van der Waals surface area contributed by atoms with Gasteiger partial charge in [0.15, 0.2) is 0 Å². The van der Waals surface area contributed by atoms with Crippen LogP contribution in [0.4, 0.5) is 0 Å². The van der Waals surface area contributed by atoms with Crippen LogP contribution in [0.5, 0.6) is 5.75 Å². The molecule has 0 saturated carbocycles. The zero-order valence-electron chi connectivity index (χ0n) is 9.56. The summed E-state index contributed by atoms with van der Waals surface area (Å²) >= 11 is 0. The smallest absolute Gasteiger partial charge is 0.150 e. The molecule has 1 fully saturated rings. The van der Waals surface area contributed by atoms with Crippen LogP contribution in [0.25, 0.3) is 0 Å². The first-order chi connectivity index (χ1) is 7.78. The van der Waals surface area contributed by atoms with Gasteiger partial charge in [-0.05, 0) is 32.1 Å². The van der Waals surface area contributed by atoms with Crippen LogP contribution in [-0.4, -0.2) is 37.9 Å². The molecular weight excluding hydrogens is 202 g/mol. The number of nitrogens with zero attached hydrogens (tertiary/aromatic N) is 1. The molecule has 0 radical (unpaired) electrons. The van der Waals surface area contributed by atoms with E-state index in [1.54, 1.807) is 12.1 Å². The van der Waals surface area contributed by atoms with Crippen LogP contribution in [-0.2, 0) is 0 Å². The maximum Gasteiger partial charge on any atom is 0.150 e. The minimum Gasteiger partial charge on any atom is -0.493 e. The quantitative estimate of drug-likeness (QED) is 0.723. The highest BCUT2D eigenvalue weighted by molar-refractivity contribution is 5.75. The lowest BCUT2D eigenvalue weighted by Gasteiger charge is -2.12. The van der Waals surface area contributed by atoms with Gasteiger partial charge in [-0.3, -0.25) is 4.79 Å². The van der Waals surface area contributed by atoms with Crippen molar-refractivity contribution in [3.8, 4) is 5.75 Å². The van der Waals surface area contributed by atoms with Crippen molar-refractivity contribution >= 4 is 6.29 Å². The number of carbonyl (C=O) groups excluding carboxylic acids is 1. The van der Waals surface area contributed by atoms with Crippen molar-refractivity contribution in [2.45, 2.75) is 6.42 Å². The number of hydrogen-bond acceptors (Lipinski definition) is 3. The van der Waals surface area contributed by atoms with Crippen molar-refractivity contribution in [1.82, 2.24) is 4.90 Å². The van der Waals surface area contributed by atoms with Gasteiger partial charge < -0.3 is 9.64 Å². The van der Waals surface area contributed by atoms with Crippen LogP contribution in [0.15, 0.2) is 24.3 Å². The highest BCUT2D eigenvalue weighted by atomic mass is 16.5. The summed E-state index contributed by atoms with van der Waals surface area (Å²) in [5.74, 6) is 1.41. The highest BCUT2D eigenvalue weighted by Crippen LogP contribution is 2.18. The molecule has 16 heavy (non-hydrogen) atoms. The summed E-state index contributed by atoms with van der Waals surface area (Å²) in [6.07, 6.45) is 2.04. The molecule has 1 saturated heterocycles. The van der Waals surface area contributed by atoms with Crippen molar-refractivity contribution in [2.24, 2.45) is 5.92 Å². The first-order valence-corrected chi connectivity index (χ1v) is 5.64. The number of carbonyl (C=O) groups is 1. The van der Waals surface area contributed by atoms with E-state index >= 15 is 0 Å². The lowest BCUT2D eigenvalue weighted by molar-refractivity contribution is 0.112. The van der Waals surface area contributed by atoms with Crippen LogP contribution in [0, 0.1) is 5.92 Å². The van der Waals surface area contributed by atoms with Gasteiger partial charge in [0, 0.05) is 18.0 Å². The summed E-state index contributed by atoms with van der Waals surface area (Å²) in [5, 5.41) is 0. The molecule has 1 aliphatic heterocycles. The monoisotopic (exact) mass is 219 g/mol. The Hall–Kier alpha value is -1.35. The van der Waals surface area contributed by atoms with Gasteiger partial charge in [0.25, 0.3) is 0 Å². The Kier molecular flexibility index (Phi) is 3.57. The first kappa shape index (κ1) is 11.1. The summed E-state index contributed by atoms with van der Waals surface area (Å²) < 4.78 is 5.70. The van der Waals surface area contributed by atoms with Gasteiger partial charge in [0.05, 0.1) is 6.61 Å². The molecular formula is C13H17NO2. The Bertz CT molecular complexity index is 365. The minimum absolute atomic E-state index is 0.616. The van der Waals surface area contributed by atoms with Gasteiger partial charge in [-0.25, -0.2) is 0 Å². The van der Waals surface area contributed by atoms with E-state index in [4.69, 9.17) is 4.74 Å². The first-order valence-electron chi connectivity index (χ1n) is 5.64. The zero-order valence-corrected chi connectivity index (χ0v) is 9.56. The molecule has 1 heterocycles. The molecule has 0 aromatic heterocycles. The fourth-order valence-corrected chi connectivity index (χ4v) is 2.05. The number of aldehydes is 1. The fraction of sp³-hybridized carbons (Fsp3) is 0.462. The number of rotatable bonds is 4. The zero-order chi connectivity index (χ0) is 11.4. The lowest BCUT2D eigenvalue weighted by Crippen LogP contribution is -2.17. The third-order valence-corrected chi connectivity index (χ3v) is 2.97. The Morgan fingerprint density at radius 3 is 3.12 bits per heavy atom. The number of ether oxygens (including phenoxy) is 1. The van der Waals surface area contributed by atoms with Crippen LogP contribution in [0.1, 0.15) is 16.8 Å². The van der Waals surface area contributed by atoms with Crippen molar-refractivity contribution in [1.29, 1.82) is 0 Å². The maximum atomic E-state index is 10.6. The fourth-order valence-electron chi connectivity index (χ4n) is 2.05. The number of benzene rings is 1. The molecule has 2 rings (SSSR count). The molecule has 1 aromatic rings. The Balaban J connectivity index is 1.87. The van der Waals surface area contributed by atoms with Gasteiger partial charge in [-0.1, -0.05) is 12.1 Å². The van der Waals surface area contributed by atoms with Crippen LogP contribution in [0.3, 0.4) is 0 Å². The Morgan fingerprint density at radius 1 is 1.56 bits per heavy atom. The Labute approximate surface area is 96.0 Å². The van der Waals surface area contributed by atoms with Gasteiger partial charge in [0.1, 0.15) is 12.0 Å². The van der Waals surface area contributed by atoms with E-state index in [-0.39, 0.29) is 0 Å². The molecule has 3 heteroatoms. The molecule has 1 aromatic carbocycles. The Morgan fingerprint density at radius 2 is 2.44 bits per heavy atom. The van der Waals surface area contributed by atoms with Gasteiger partial charge in [0.2, 0.25) is 0 Å². The topological polar surface area (TPSA) is 29.5 Å². The molecule has 0 bridgehead atoms. The standard InChI is InChI=1S/C13H17NO2/c1-14-6-5-12(8-14)10-16-13-4-2-3-11(7-13)9-15/h2-4,7,9,12H,5-6,8,10H2,1H3. The SMILES string of the molecule is CN1CCC(COc2cccc(C=O)c2)C1. The second-order valence-electron chi connectivity index (χ2n) is 4.42. The molecule has 0 N–H and O–H groups in total. The molecule has 0 amide bonds. The number of likely N-dealkylation sites (tertiary alicyclic amines) is 1. The average Bonchev–Trinajstić information content (AvgIpc) is 2.73. The van der Waals surface area contributed by atoms with Crippen molar-refractivity contribution in [3.63, 3.8) is 0 Å². The molecule has 86 valence electrons. The third kappa shape index (κ3) is 2.83. The predicted molar refractivity (Wildman–Crippen MR) is 62.9 cm³/mol. The van der Waals surface area contributed by atoms with Crippen molar-refractivity contribution in [3.05, 3.63) is 29.8 Å². The van der Waals surface area contributed by atoms with E-state index in [1.807, 2.05) is 12.1 Å².